The number of amides is 7. The molecule has 10 atom stereocenters. The van der Waals surface area contributed by atoms with Crippen molar-refractivity contribution in [2.45, 2.75) is 158 Å². The fraction of sp³-hybridized carbons (Fsp3) is 0.791. The summed E-state index contributed by atoms with van der Waals surface area (Å²) in [7, 11) is 0. The maximum atomic E-state index is 14.6. The minimum Gasteiger partial charge on any atom is -0.481 e. The number of carboxylic acid groups (broad SMARTS) is 1. The molecule has 5 aliphatic rings. The van der Waals surface area contributed by atoms with Gasteiger partial charge in [0.2, 0.25) is 41.4 Å². The first-order valence-corrected chi connectivity index (χ1v) is 24.6. The molecule has 1 aliphatic carbocycles. The van der Waals surface area contributed by atoms with Crippen LogP contribution in [0.5, 0.6) is 0 Å². The SMILES string of the molecule is CSCC[C@@H]1NC(=O)[C@H](CC2CNC3CCCCC23)NC(=O)[C@@H]2CCCN2C(=O)[C@H](CCC(=O)O)NC(=O)[C@H](CCCN=C(N)N)NC(=O)[C@@H](CC(C)C)NC(=O)[C@@H]2CCCN2C1=O. The molecule has 4 heterocycles. The topological polar surface area (TPSA) is 300 Å². The van der Waals surface area contributed by atoms with E-state index in [4.69, 9.17) is 11.5 Å². The van der Waals surface area contributed by atoms with E-state index in [1.165, 1.54) is 21.6 Å². The smallest absolute Gasteiger partial charge is 0.303 e. The first kappa shape index (κ1) is 50.3. The van der Waals surface area contributed by atoms with E-state index < -0.39 is 96.0 Å². The summed E-state index contributed by atoms with van der Waals surface area (Å²) in [6.07, 6.45) is 7.80. The molecule has 5 rings (SSSR count). The van der Waals surface area contributed by atoms with Gasteiger partial charge in [0.1, 0.15) is 42.3 Å². The van der Waals surface area contributed by atoms with E-state index in [1.54, 1.807) is 0 Å². The number of hydrogen-bond donors (Lipinski definition) is 9. The molecule has 20 nitrogen and oxygen atoms in total. The van der Waals surface area contributed by atoms with Gasteiger partial charge in [-0.3, -0.25) is 43.3 Å². The highest BCUT2D eigenvalue weighted by Gasteiger charge is 2.44. The van der Waals surface area contributed by atoms with Gasteiger partial charge in [-0.2, -0.15) is 11.8 Å². The zero-order valence-corrected chi connectivity index (χ0v) is 38.4. The molecule has 4 aliphatic heterocycles. The molecule has 11 N–H and O–H groups in total. The fourth-order valence-corrected chi connectivity index (χ4v) is 10.5. The van der Waals surface area contributed by atoms with Crippen LogP contribution in [0.1, 0.15) is 110 Å². The standard InChI is InChI=1S/C43H71N11O9S/c1-24(2)21-31-37(58)48-28(11-6-17-46-43(44)45)36(57)49-29(14-15-35(55)56)41(62)53-18-7-13-34(53)40(61)52-32(22-25-23-47-27-10-5-4-9-26(25)27)38(59)50-30(16-20-64-3)42(63)54-19-8-12-33(54)39(60)51-31/h24-34,47H,4-23H2,1-3H3,(H,48,58)(H,49,57)(H,50,59)(H,51,60)(H,52,61)(H,55,56)(H4,44,45,46)/t25?,26?,27?,28-,29-,30-,31+,32-,33-,34-/m0/s1. The number of fused-ring (bicyclic) bond motifs is 3. The van der Waals surface area contributed by atoms with Crippen molar-refractivity contribution < 1.29 is 43.5 Å². The Bertz CT molecular complexity index is 1730. The number of aliphatic carboxylic acids is 1. The van der Waals surface area contributed by atoms with Gasteiger partial charge in [-0.05, 0) is 113 Å². The van der Waals surface area contributed by atoms with E-state index in [9.17, 15) is 43.5 Å². The molecule has 0 aromatic rings. The second kappa shape index (κ2) is 24.0. The van der Waals surface area contributed by atoms with Crippen LogP contribution in [0.3, 0.4) is 0 Å². The number of carbonyl (C=O) groups is 8. The van der Waals surface area contributed by atoms with Gasteiger partial charge in [0, 0.05) is 32.1 Å². The molecule has 0 aromatic heterocycles. The molecule has 1 saturated carbocycles. The number of hydrogen-bond acceptors (Lipinski definition) is 11. The summed E-state index contributed by atoms with van der Waals surface area (Å²) < 4.78 is 0. The highest BCUT2D eigenvalue weighted by molar-refractivity contribution is 7.98. The minimum absolute atomic E-state index is 0.00809. The second-order valence-electron chi connectivity index (χ2n) is 18.4. The number of carbonyl (C=O) groups excluding carboxylic acids is 7. The molecule has 0 spiro atoms. The van der Waals surface area contributed by atoms with Gasteiger partial charge in [-0.1, -0.05) is 26.7 Å². The van der Waals surface area contributed by atoms with Crippen LogP contribution < -0.4 is 43.4 Å². The van der Waals surface area contributed by atoms with Crippen LogP contribution in [0.25, 0.3) is 0 Å². The van der Waals surface area contributed by atoms with Crippen LogP contribution in [-0.4, -0.2) is 155 Å². The Morgan fingerprint density at radius 1 is 0.719 bits per heavy atom. The van der Waals surface area contributed by atoms with Crippen molar-refractivity contribution in [3.8, 4) is 0 Å². The average molecular weight is 918 g/mol. The van der Waals surface area contributed by atoms with Gasteiger partial charge in [0.05, 0.1) is 0 Å². The predicted molar refractivity (Wildman–Crippen MR) is 240 cm³/mol. The van der Waals surface area contributed by atoms with Gasteiger partial charge < -0.3 is 58.3 Å². The predicted octanol–water partition coefficient (Wildman–Crippen LogP) is -0.708. The average Bonchev–Trinajstić information content (AvgIpc) is 4.04. The summed E-state index contributed by atoms with van der Waals surface area (Å²) in [6.45, 7) is 4.92. The Morgan fingerprint density at radius 2 is 1.27 bits per heavy atom. The Morgan fingerprint density at radius 3 is 1.86 bits per heavy atom. The summed E-state index contributed by atoms with van der Waals surface area (Å²) >= 11 is 1.50. The van der Waals surface area contributed by atoms with Crippen molar-refractivity contribution in [1.29, 1.82) is 0 Å². The van der Waals surface area contributed by atoms with E-state index in [0.717, 1.165) is 25.7 Å². The number of nitrogens with two attached hydrogens (primary N) is 2. The molecule has 21 heteroatoms. The van der Waals surface area contributed by atoms with E-state index in [0.29, 0.717) is 49.9 Å². The first-order valence-electron chi connectivity index (χ1n) is 23.2. The minimum atomic E-state index is -1.39. The van der Waals surface area contributed by atoms with Crippen LogP contribution in [0.4, 0.5) is 0 Å². The quantitative estimate of drug-likeness (QED) is 0.0592. The normalized spacial score (nSPS) is 31.2. The lowest BCUT2D eigenvalue weighted by Crippen LogP contribution is -2.59. The molecule has 358 valence electrons. The molecule has 3 unspecified atom stereocenters. The number of aliphatic imine (C=N–C) groups is 1. The van der Waals surface area contributed by atoms with Crippen LogP contribution in [0, 0.1) is 17.8 Å². The molecule has 64 heavy (non-hydrogen) atoms. The van der Waals surface area contributed by atoms with Gasteiger partial charge in [-0.15, -0.1) is 0 Å². The highest BCUT2D eigenvalue weighted by atomic mass is 32.2. The second-order valence-corrected chi connectivity index (χ2v) is 19.4. The van der Waals surface area contributed by atoms with Crippen molar-refractivity contribution in [2.75, 3.05) is 38.2 Å². The zero-order valence-electron chi connectivity index (χ0n) is 37.6. The van der Waals surface area contributed by atoms with Crippen molar-refractivity contribution >= 4 is 65.0 Å². The van der Waals surface area contributed by atoms with Crippen molar-refractivity contribution in [3.05, 3.63) is 0 Å². The van der Waals surface area contributed by atoms with E-state index >= 15 is 0 Å². The monoisotopic (exact) mass is 918 g/mol. The first-order chi connectivity index (χ1) is 30.6. The lowest BCUT2D eigenvalue weighted by Gasteiger charge is -2.33. The number of rotatable bonds is 14. The number of nitrogens with one attached hydrogen (secondary N) is 6. The zero-order chi connectivity index (χ0) is 46.5. The maximum Gasteiger partial charge on any atom is 0.303 e. The molecule has 4 saturated heterocycles. The Labute approximate surface area is 380 Å². The van der Waals surface area contributed by atoms with Gasteiger partial charge >= 0.3 is 5.97 Å². The Kier molecular flexibility index (Phi) is 18.9. The van der Waals surface area contributed by atoms with Crippen LogP contribution in [-0.2, 0) is 38.4 Å². The van der Waals surface area contributed by atoms with Crippen LogP contribution in [0.2, 0.25) is 0 Å². The maximum absolute atomic E-state index is 14.6. The number of nitrogens with zero attached hydrogens (tertiary/aromatic N) is 3. The molecule has 7 amide bonds. The summed E-state index contributed by atoms with van der Waals surface area (Å²) in [4.78, 5) is 119. The van der Waals surface area contributed by atoms with E-state index in [1.807, 2.05) is 20.1 Å². The molecular weight excluding hydrogens is 847 g/mol. The third-order valence-electron chi connectivity index (χ3n) is 13.3. The molecule has 0 radical (unpaired) electrons. The van der Waals surface area contributed by atoms with E-state index in [-0.39, 0.29) is 76.0 Å². The lowest BCUT2D eigenvalue weighted by atomic mass is 9.77. The molecule has 0 aromatic carbocycles. The van der Waals surface area contributed by atoms with E-state index in [2.05, 4.69) is 36.9 Å². The van der Waals surface area contributed by atoms with Gasteiger partial charge in [0.15, 0.2) is 5.96 Å². The third-order valence-corrected chi connectivity index (χ3v) is 14.0. The number of guanidine groups is 1. The number of thioether (sulfide) groups is 1. The Hall–Kier alpha value is -4.66. The molecule has 5 fully saturated rings. The molecule has 0 bridgehead atoms. The van der Waals surface area contributed by atoms with Crippen LogP contribution >= 0.6 is 11.8 Å². The summed E-state index contributed by atoms with van der Waals surface area (Å²) in [6, 6.07) is -7.52. The van der Waals surface area contributed by atoms with Gasteiger partial charge in [0.25, 0.3) is 0 Å². The van der Waals surface area contributed by atoms with Crippen molar-refractivity contribution in [3.63, 3.8) is 0 Å². The summed E-state index contributed by atoms with van der Waals surface area (Å²) in [5.41, 5.74) is 11.0. The highest BCUT2D eigenvalue weighted by Crippen LogP contribution is 2.37. The fourth-order valence-electron chi connectivity index (χ4n) is 10.1. The third kappa shape index (κ3) is 13.7. The van der Waals surface area contributed by atoms with Crippen molar-refractivity contribution in [1.82, 2.24) is 41.7 Å². The van der Waals surface area contributed by atoms with Crippen LogP contribution in [0.15, 0.2) is 4.99 Å². The number of carboxylic acids is 1. The largest absolute Gasteiger partial charge is 0.481 e. The molecular formula is C43H71N11O9S. The summed E-state index contributed by atoms with van der Waals surface area (Å²) in [5, 5.41) is 27.5. The van der Waals surface area contributed by atoms with Gasteiger partial charge in [-0.25, -0.2) is 0 Å². The summed E-state index contributed by atoms with van der Waals surface area (Å²) in [5.74, 6) is -4.83. The lowest BCUT2D eigenvalue weighted by molar-refractivity contribution is -0.144. The Balaban J connectivity index is 1.54. The van der Waals surface area contributed by atoms with Crippen molar-refractivity contribution in [2.24, 2.45) is 34.2 Å².